The van der Waals surface area contributed by atoms with E-state index in [4.69, 9.17) is 9.47 Å². The highest BCUT2D eigenvalue weighted by Crippen LogP contribution is 2.26. The number of aromatic nitrogens is 2. The molecule has 0 bridgehead atoms. The first-order valence-electron chi connectivity index (χ1n) is 7.81. The lowest BCUT2D eigenvalue weighted by Gasteiger charge is -2.09. The molecule has 0 aliphatic heterocycles. The Balaban J connectivity index is 1.55. The Hall–Kier alpha value is -2.45. The van der Waals surface area contributed by atoms with Gasteiger partial charge in [0, 0.05) is 10.9 Å². The van der Waals surface area contributed by atoms with Gasteiger partial charge in [0.1, 0.15) is 5.01 Å². The van der Waals surface area contributed by atoms with Gasteiger partial charge in [-0.25, -0.2) is 0 Å². The monoisotopic (exact) mass is 433 g/mol. The van der Waals surface area contributed by atoms with E-state index in [0.29, 0.717) is 35.2 Å². The molecule has 0 unspecified atom stereocenters. The van der Waals surface area contributed by atoms with Crippen LogP contribution in [0, 0.1) is 0 Å². The summed E-state index contributed by atoms with van der Waals surface area (Å²) in [6.45, 7) is 0.438. The Morgan fingerprint density at radius 3 is 2.62 bits per heavy atom. The second-order valence-electron chi connectivity index (χ2n) is 5.18. The average Bonchev–Trinajstić information content (AvgIpc) is 3.09. The molecule has 1 amide bonds. The van der Waals surface area contributed by atoms with Crippen molar-refractivity contribution in [2.24, 2.45) is 0 Å². The van der Waals surface area contributed by atoms with Crippen molar-refractivity contribution in [3.63, 3.8) is 0 Å². The van der Waals surface area contributed by atoms with Crippen LogP contribution in [0.3, 0.4) is 0 Å². The summed E-state index contributed by atoms with van der Waals surface area (Å²) in [6, 6.07) is 14.7. The standard InChI is InChI=1S/C18H16BrN3O3S/c1-24-14-8-4-5-9-15(14)25-11-10-16-21-22-18(26-16)20-17(23)12-6-2-3-7-13(12)19/h2-9H,10-11H2,1H3,(H,20,22,23). The molecule has 0 aliphatic rings. The Morgan fingerprint density at radius 1 is 1.12 bits per heavy atom. The zero-order valence-electron chi connectivity index (χ0n) is 13.9. The number of anilines is 1. The molecule has 8 heteroatoms. The van der Waals surface area contributed by atoms with Crippen molar-refractivity contribution in [3.05, 3.63) is 63.6 Å². The summed E-state index contributed by atoms with van der Waals surface area (Å²) in [5.41, 5.74) is 0.545. The molecule has 0 saturated heterocycles. The summed E-state index contributed by atoms with van der Waals surface area (Å²) in [4.78, 5) is 12.3. The van der Waals surface area contributed by atoms with Gasteiger partial charge in [0.05, 0.1) is 19.3 Å². The molecule has 0 fully saturated rings. The number of carbonyl (C=O) groups excluding carboxylic acids is 1. The molecule has 6 nitrogen and oxygen atoms in total. The summed E-state index contributed by atoms with van der Waals surface area (Å²) in [5, 5.41) is 12.1. The zero-order valence-corrected chi connectivity index (χ0v) is 16.3. The number of hydrogen-bond acceptors (Lipinski definition) is 6. The van der Waals surface area contributed by atoms with Crippen LogP contribution in [0.2, 0.25) is 0 Å². The van der Waals surface area contributed by atoms with Crippen LogP contribution in [0.25, 0.3) is 0 Å². The highest BCUT2D eigenvalue weighted by atomic mass is 79.9. The molecule has 0 aliphatic carbocycles. The molecule has 0 saturated carbocycles. The van der Waals surface area contributed by atoms with Crippen LogP contribution >= 0.6 is 27.3 Å². The molecule has 0 spiro atoms. The van der Waals surface area contributed by atoms with E-state index in [1.165, 1.54) is 11.3 Å². The van der Waals surface area contributed by atoms with Crippen LogP contribution in [-0.2, 0) is 6.42 Å². The van der Waals surface area contributed by atoms with Crippen molar-refractivity contribution in [2.75, 3.05) is 19.0 Å². The smallest absolute Gasteiger partial charge is 0.258 e. The number of hydrogen-bond donors (Lipinski definition) is 1. The van der Waals surface area contributed by atoms with E-state index >= 15 is 0 Å². The minimum absolute atomic E-state index is 0.231. The molecule has 0 radical (unpaired) electrons. The number of nitrogens with zero attached hydrogens (tertiary/aromatic N) is 2. The first kappa shape index (κ1) is 18.3. The van der Waals surface area contributed by atoms with E-state index in [2.05, 4.69) is 31.4 Å². The number of nitrogens with one attached hydrogen (secondary N) is 1. The van der Waals surface area contributed by atoms with Gasteiger partial charge >= 0.3 is 0 Å². The normalized spacial score (nSPS) is 10.4. The van der Waals surface area contributed by atoms with Crippen LogP contribution in [0.5, 0.6) is 11.5 Å². The van der Waals surface area contributed by atoms with Gasteiger partial charge in [0.2, 0.25) is 5.13 Å². The number of ether oxygens (including phenoxy) is 2. The number of benzene rings is 2. The Kier molecular flexibility index (Phi) is 6.19. The molecule has 134 valence electrons. The topological polar surface area (TPSA) is 73.3 Å². The van der Waals surface area contributed by atoms with E-state index in [1.54, 1.807) is 19.2 Å². The van der Waals surface area contributed by atoms with Gasteiger partial charge in [-0.2, -0.15) is 0 Å². The van der Waals surface area contributed by atoms with Crippen LogP contribution in [0.4, 0.5) is 5.13 Å². The van der Waals surface area contributed by atoms with Crippen LogP contribution in [0.1, 0.15) is 15.4 Å². The van der Waals surface area contributed by atoms with Crippen LogP contribution < -0.4 is 14.8 Å². The van der Waals surface area contributed by atoms with Gasteiger partial charge in [-0.1, -0.05) is 35.6 Å². The molecular formula is C18H16BrN3O3S. The molecule has 3 rings (SSSR count). The highest BCUT2D eigenvalue weighted by Gasteiger charge is 2.13. The maximum atomic E-state index is 12.3. The van der Waals surface area contributed by atoms with E-state index < -0.39 is 0 Å². The van der Waals surface area contributed by atoms with Crippen molar-refractivity contribution in [3.8, 4) is 11.5 Å². The minimum Gasteiger partial charge on any atom is -0.493 e. The van der Waals surface area contributed by atoms with E-state index in [0.717, 1.165) is 9.48 Å². The summed E-state index contributed by atoms with van der Waals surface area (Å²) < 4.78 is 11.7. The fourth-order valence-corrected chi connectivity index (χ4v) is 3.38. The van der Waals surface area contributed by atoms with Gasteiger partial charge in [0.25, 0.3) is 5.91 Å². The molecule has 3 aromatic rings. The molecule has 26 heavy (non-hydrogen) atoms. The maximum Gasteiger partial charge on any atom is 0.258 e. The second-order valence-corrected chi connectivity index (χ2v) is 7.10. The predicted octanol–water partition coefficient (Wildman–Crippen LogP) is 4.18. The third-order valence-corrected chi connectivity index (χ3v) is 5.04. The van der Waals surface area contributed by atoms with Gasteiger partial charge < -0.3 is 9.47 Å². The first-order chi connectivity index (χ1) is 12.7. The van der Waals surface area contributed by atoms with Gasteiger partial charge in [0.15, 0.2) is 11.5 Å². The first-order valence-corrected chi connectivity index (χ1v) is 9.42. The minimum atomic E-state index is -0.231. The SMILES string of the molecule is COc1ccccc1OCCc1nnc(NC(=O)c2ccccc2Br)s1. The summed E-state index contributed by atoms with van der Waals surface area (Å²) in [5.74, 6) is 1.14. The third-order valence-electron chi connectivity index (χ3n) is 3.45. The number of carbonyl (C=O) groups is 1. The molecule has 1 N–H and O–H groups in total. The number of amides is 1. The van der Waals surface area contributed by atoms with Crippen molar-refractivity contribution in [1.29, 1.82) is 0 Å². The summed E-state index contributed by atoms with van der Waals surface area (Å²) >= 11 is 4.69. The molecular weight excluding hydrogens is 418 g/mol. The highest BCUT2D eigenvalue weighted by molar-refractivity contribution is 9.10. The largest absolute Gasteiger partial charge is 0.493 e. The van der Waals surface area contributed by atoms with Crippen molar-refractivity contribution >= 4 is 38.3 Å². The molecule has 2 aromatic carbocycles. The van der Waals surface area contributed by atoms with Gasteiger partial charge in [-0.05, 0) is 40.2 Å². The lowest BCUT2D eigenvalue weighted by Crippen LogP contribution is -2.12. The summed E-state index contributed by atoms with van der Waals surface area (Å²) in [7, 11) is 1.60. The van der Waals surface area contributed by atoms with Gasteiger partial charge in [-0.3, -0.25) is 10.1 Å². The molecule has 1 heterocycles. The number of halogens is 1. The molecule has 1 aromatic heterocycles. The van der Waals surface area contributed by atoms with Gasteiger partial charge in [-0.15, -0.1) is 10.2 Å². The fraction of sp³-hybridized carbons (Fsp3) is 0.167. The van der Waals surface area contributed by atoms with Crippen LogP contribution in [-0.4, -0.2) is 29.8 Å². The Bertz CT molecular complexity index is 901. The quantitative estimate of drug-likeness (QED) is 0.604. The number of rotatable bonds is 7. The van der Waals surface area contributed by atoms with Crippen molar-refractivity contribution in [1.82, 2.24) is 10.2 Å². The third kappa shape index (κ3) is 4.59. The van der Waals surface area contributed by atoms with Crippen LogP contribution in [0.15, 0.2) is 53.0 Å². The lowest BCUT2D eigenvalue weighted by atomic mass is 10.2. The van der Waals surface area contributed by atoms with E-state index in [1.807, 2.05) is 36.4 Å². The second kappa shape index (κ2) is 8.77. The lowest BCUT2D eigenvalue weighted by molar-refractivity contribution is 0.102. The number of para-hydroxylation sites is 2. The number of methoxy groups -OCH3 is 1. The summed E-state index contributed by atoms with van der Waals surface area (Å²) in [6.07, 6.45) is 0.584. The van der Waals surface area contributed by atoms with E-state index in [9.17, 15) is 4.79 Å². The fourth-order valence-electron chi connectivity index (χ4n) is 2.20. The van der Waals surface area contributed by atoms with Crippen molar-refractivity contribution < 1.29 is 14.3 Å². The van der Waals surface area contributed by atoms with E-state index in [-0.39, 0.29) is 5.91 Å². The van der Waals surface area contributed by atoms with Crippen molar-refractivity contribution in [2.45, 2.75) is 6.42 Å². The maximum absolute atomic E-state index is 12.3. The Morgan fingerprint density at radius 2 is 1.85 bits per heavy atom. The average molecular weight is 434 g/mol. The Labute approximate surface area is 163 Å². The zero-order chi connectivity index (χ0) is 18.4. The molecule has 0 atom stereocenters. The predicted molar refractivity (Wildman–Crippen MR) is 104 cm³/mol.